The number of hydrogen-bond acceptors (Lipinski definition) is 4. The van der Waals surface area contributed by atoms with E-state index in [1.165, 1.54) is 11.3 Å². The minimum Gasteiger partial charge on any atom is -0.370 e. The minimum absolute atomic E-state index is 0.0884. The SMILES string of the molecule is CCCN(CCC)c1cccc2nc(NC(=O)c3c(C)cc(C)cc3C)sc12. The summed E-state index contributed by atoms with van der Waals surface area (Å²) in [6.07, 6.45) is 2.20. The number of aromatic nitrogens is 1. The third-order valence-electron chi connectivity index (χ3n) is 4.85. The lowest BCUT2D eigenvalue weighted by Crippen LogP contribution is -2.24. The summed E-state index contributed by atoms with van der Waals surface area (Å²) in [6, 6.07) is 10.3. The quantitative estimate of drug-likeness (QED) is 0.526. The number of anilines is 2. The molecule has 0 unspecified atom stereocenters. The molecule has 2 aromatic carbocycles. The van der Waals surface area contributed by atoms with Gasteiger partial charge in [-0.05, 0) is 56.9 Å². The van der Waals surface area contributed by atoms with Crippen LogP contribution in [0.1, 0.15) is 53.7 Å². The highest BCUT2D eigenvalue weighted by molar-refractivity contribution is 7.23. The summed E-state index contributed by atoms with van der Waals surface area (Å²) in [7, 11) is 0. The molecule has 1 heterocycles. The zero-order valence-corrected chi connectivity index (χ0v) is 18.2. The van der Waals surface area contributed by atoms with E-state index in [0.717, 1.165) is 52.8 Å². The van der Waals surface area contributed by atoms with Crippen LogP contribution in [0.4, 0.5) is 10.8 Å². The third-order valence-corrected chi connectivity index (χ3v) is 5.86. The molecule has 3 aromatic rings. The van der Waals surface area contributed by atoms with Gasteiger partial charge < -0.3 is 4.90 Å². The number of aryl methyl sites for hydroxylation is 3. The maximum Gasteiger partial charge on any atom is 0.257 e. The van der Waals surface area contributed by atoms with Crippen LogP contribution in [-0.2, 0) is 0 Å². The summed E-state index contributed by atoms with van der Waals surface area (Å²) >= 11 is 1.56. The van der Waals surface area contributed by atoms with Crippen molar-refractivity contribution in [1.82, 2.24) is 4.98 Å². The Morgan fingerprint density at radius 1 is 1.07 bits per heavy atom. The molecular weight excluding hydrogens is 366 g/mol. The Labute approximate surface area is 171 Å². The first kappa shape index (κ1) is 20.3. The largest absolute Gasteiger partial charge is 0.370 e. The molecule has 0 bridgehead atoms. The van der Waals surface area contributed by atoms with E-state index >= 15 is 0 Å². The molecule has 148 valence electrons. The number of hydrogen-bond donors (Lipinski definition) is 1. The summed E-state index contributed by atoms with van der Waals surface area (Å²) in [6.45, 7) is 12.5. The first-order chi connectivity index (χ1) is 13.4. The molecule has 0 aliphatic heterocycles. The van der Waals surface area contributed by atoms with E-state index < -0.39 is 0 Å². The monoisotopic (exact) mass is 395 g/mol. The molecule has 1 aromatic heterocycles. The van der Waals surface area contributed by atoms with Crippen molar-refractivity contribution in [2.45, 2.75) is 47.5 Å². The predicted molar refractivity (Wildman–Crippen MR) is 121 cm³/mol. The number of nitrogens with zero attached hydrogens (tertiary/aromatic N) is 2. The van der Waals surface area contributed by atoms with E-state index in [1.54, 1.807) is 11.3 Å². The molecule has 0 saturated carbocycles. The van der Waals surface area contributed by atoms with Gasteiger partial charge in [0.05, 0.1) is 15.9 Å². The van der Waals surface area contributed by atoms with Crippen molar-refractivity contribution < 1.29 is 4.79 Å². The van der Waals surface area contributed by atoms with Crippen molar-refractivity contribution in [3.8, 4) is 0 Å². The highest BCUT2D eigenvalue weighted by atomic mass is 32.1. The van der Waals surface area contributed by atoms with Gasteiger partial charge in [-0.1, -0.05) is 48.9 Å². The predicted octanol–water partition coefficient (Wildman–Crippen LogP) is 6.10. The van der Waals surface area contributed by atoms with Crippen LogP contribution in [-0.4, -0.2) is 24.0 Å². The highest BCUT2D eigenvalue weighted by Gasteiger charge is 2.17. The number of fused-ring (bicyclic) bond motifs is 1. The van der Waals surface area contributed by atoms with Gasteiger partial charge in [0.25, 0.3) is 5.91 Å². The number of carbonyl (C=O) groups excluding carboxylic acids is 1. The molecule has 0 fully saturated rings. The highest BCUT2D eigenvalue weighted by Crippen LogP contribution is 2.35. The van der Waals surface area contributed by atoms with Crippen molar-refractivity contribution in [3.05, 3.63) is 52.6 Å². The van der Waals surface area contributed by atoms with Crippen LogP contribution >= 0.6 is 11.3 Å². The second-order valence-electron chi connectivity index (χ2n) is 7.36. The molecule has 3 rings (SSSR count). The van der Waals surface area contributed by atoms with Crippen molar-refractivity contribution in [2.24, 2.45) is 0 Å². The van der Waals surface area contributed by atoms with Gasteiger partial charge in [0.1, 0.15) is 0 Å². The summed E-state index contributed by atoms with van der Waals surface area (Å²) in [5, 5.41) is 3.68. The van der Waals surface area contributed by atoms with Gasteiger partial charge in [0, 0.05) is 18.7 Å². The first-order valence-corrected chi connectivity index (χ1v) is 10.8. The second kappa shape index (κ2) is 8.74. The summed E-state index contributed by atoms with van der Waals surface area (Å²) in [5.74, 6) is -0.0884. The standard InChI is InChI=1S/C23H29N3OS/c1-6-11-26(12-7-2)19-10-8-9-18-21(19)28-23(24-18)25-22(27)20-16(4)13-15(3)14-17(20)5/h8-10,13-14H,6-7,11-12H2,1-5H3,(H,24,25,27). The Morgan fingerprint density at radius 3 is 2.32 bits per heavy atom. The fourth-order valence-electron chi connectivity index (χ4n) is 3.83. The van der Waals surface area contributed by atoms with E-state index in [1.807, 2.05) is 32.0 Å². The fourth-order valence-corrected chi connectivity index (χ4v) is 4.83. The van der Waals surface area contributed by atoms with E-state index in [4.69, 9.17) is 0 Å². The van der Waals surface area contributed by atoms with Crippen LogP contribution in [0.25, 0.3) is 10.2 Å². The maximum atomic E-state index is 12.9. The molecule has 0 aliphatic rings. The lowest BCUT2D eigenvalue weighted by molar-refractivity contribution is 0.102. The fraction of sp³-hybridized carbons (Fsp3) is 0.391. The first-order valence-electron chi connectivity index (χ1n) is 9.98. The number of amides is 1. The minimum atomic E-state index is -0.0884. The topological polar surface area (TPSA) is 45.2 Å². The molecule has 0 saturated heterocycles. The normalized spacial score (nSPS) is 11.0. The van der Waals surface area contributed by atoms with Crippen LogP contribution in [0, 0.1) is 20.8 Å². The number of benzene rings is 2. The number of carbonyl (C=O) groups is 1. The van der Waals surface area contributed by atoms with Gasteiger partial charge in [-0.2, -0.15) is 0 Å². The lowest BCUT2D eigenvalue weighted by atomic mass is 9.99. The Bertz CT molecular complexity index is 964. The van der Waals surface area contributed by atoms with Crippen molar-refractivity contribution in [3.63, 3.8) is 0 Å². The molecule has 1 amide bonds. The van der Waals surface area contributed by atoms with Gasteiger partial charge in [-0.15, -0.1) is 0 Å². The molecular formula is C23H29N3OS. The number of rotatable bonds is 7. The molecule has 0 atom stereocenters. The molecule has 1 N–H and O–H groups in total. The summed E-state index contributed by atoms with van der Waals surface area (Å²) in [5.41, 5.74) is 6.05. The van der Waals surface area contributed by atoms with E-state index in [9.17, 15) is 4.79 Å². The van der Waals surface area contributed by atoms with Crippen molar-refractivity contribution in [1.29, 1.82) is 0 Å². The zero-order valence-electron chi connectivity index (χ0n) is 17.4. The average Bonchev–Trinajstić information content (AvgIpc) is 3.02. The van der Waals surface area contributed by atoms with Crippen LogP contribution < -0.4 is 10.2 Å². The van der Waals surface area contributed by atoms with E-state index in [0.29, 0.717) is 5.13 Å². The average molecular weight is 396 g/mol. The van der Waals surface area contributed by atoms with Crippen LogP contribution in [0.2, 0.25) is 0 Å². The Kier molecular flexibility index (Phi) is 6.35. The van der Waals surface area contributed by atoms with Crippen molar-refractivity contribution >= 4 is 38.3 Å². The third kappa shape index (κ3) is 4.20. The van der Waals surface area contributed by atoms with Gasteiger partial charge in [-0.3, -0.25) is 10.1 Å². The number of thiazole rings is 1. The molecule has 0 spiro atoms. The van der Waals surface area contributed by atoms with Crippen LogP contribution in [0.15, 0.2) is 30.3 Å². The van der Waals surface area contributed by atoms with Gasteiger partial charge in [0.15, 0.2) is 5.13 Å². The van der Waals surface area contributed by atoms with E-state index in [-0.39, 0.29) is 5.91 Å². The molecule has 4 nitrogen and oxygen atoms in total. The summed E-state index contributed by atoms with van der Waals surface area (Å²) < 4.78 is 1.14. The Morgan fingerprint density at radius 2 is 1.71 bits per heavy atom. The molecule has 28 heavy (non-hydrogen) atoms. The smallest absolute Gasteiger partial charge is 0.257 e. The van der Waals surface area contributed by atoms with Gasteiger partial charge in [-0.25, -0.2) is 4.98 Å². The molecule has 0 radical (unpaired) electrons. The van der Waals surface area contributed by atoms with Crippen LogP contribution in [0.3, 0.4) is 0 Å². The second-order valence-corrected chi connectivity index (χ2v) is 8.36. The summed E-state index contributed by atoms with van der Waals surface area (Å²) in [4.78, 5) is 20.0. The number of nitrogens with one attached hydrogen (secondary N) is 1. The van der Waals surface area contributed by atoms with Gasteiger partial charge >= 0.3 is 0 Å². The van der Waals surface area contributed by atoms with Crippen molar-refractivity contribution in [2.75, 3.05) is 23.3 Å². The Balaban J connectivity index is 1.93. The van der Waals surface area contributed by atoms with Crippen LogP contribution in [0.5, 0.6) is 0 Å². The maximum absolute atomic E-state index is 12.9. The zero-order chi connectivity index (χ0) is 20.3. The lowest BCUT2D eigenvalue weighted by Gasteiger charge is -2.24. The Hall–Kier alpha value is -2.40. The molecule has 5 heteroatoms. The van der Waals surface area contributed by atoms with E-state index in [2.05, 4.69) is 48.1 Å². The van der Waals surface area contributed by atoms with Gasteiger partial charge in [0.2, 0.25) is 0 Å². The molecule has 0 aliphatic carbocycles.